The fourth-order valence-electron chi connectivity index (χ4n) is 1.39. The molecule has 0 aromatic heterocycles. The number of aliphatic hydroxyl groups excluding tert-OH is 3. The summed E-state index contributed by atoms with van der Waals surface area (Å²) in [7, 11) is 1.38. The standard InChI is InChI=1S/C11H15FO4/c1-16-9-5-7(4-8(12)6-9)11(15)10(14)2-3-13/h4-6,10-11,13-15H,2-3H2,1H3. The van der Waals surface area contributed by atoms with Crippen molar-refractivity contribution in [3.05, 3.63) is 29.6 Å². The normalized spacial score (nSPS) is 14.6. The van der Waals surface area contributed by atoms with Crippen LogP contribution in [0.4, 0.5) is 4.39 Å². The maximum Gasteiger partial charge on any atom is 0.127 e. The Labute approximate surface area is 92.9 Å². The minimum absolute atomic E-state index is 0.0278. The number of hydrogen-bond donors (Lipinski definition) is 3. The van der Waals surface area contributed by atoms with Crippen molar-refractivity contribution in [1.29, 1.82) is 0 Å². The van der Waals surface area contributed by atoms with Gasteiger partial charge in [-0.15, -0.1) is 0 Å². The molecule has 2 unspecified atom stereocenters. The Bertz CT molecular complexity index is 343. The topological polar surface area (TPSA) is 69.9 Å². The van der Waals surface area contributed by atoms with E-state index >= 15 is 0 Å². The maximum absolute atomic E-state index is 13.1. The first kappa shape index (κ1) is 12.9. The molecule has 0 amide bonds. The average molecular weight is 230 g/mol. The molecule has 90 valence electrons. The number of halogens is 1. The highest BCUT2D eigenvalue weighted by molar-refractivity contribution is 5.31. The van der Waals surface area contributed by atoms with E-state index in [0.717, 1.165) is 6.07 Å². The van der Waals surface area contributed by atoms with Gasteiger partial charge in [0.2, 0.25) is 0 Å². The van der Waals surface area contributed by atoms with Gasteiger partial charge in [-0.1, -0.05) is 0 Å². The van der Waals surface area contributed by atoms with Crippen LogP contribution in [0.25, 0.3) is 0 Å². The second kappa shape index (κ2) is 5.79. The zero-order valence-electron chi connectivity index (χ0n) is 8.93. The number of aliphatic hydroxyl groups is 3. The molecule has 0 heterocycles. The fraction of sp³-hybridized carbons (Fsp3) is 0.455. The summed E-state index contributed by atoms with van der Waals surface area (Å²) < 4.78 is 17.9. The highest BCUT2D eigenvalue weighted by Gasteiger charge is 2.19. The first-order valence-corrected chi connectivity index (χ1v) is 4.90. The molecule has 0 aliphatic rings. The summed E-state index contributed by atoms with van der Waals surface area (Å²) in [5.41, 5.74) is 0.220. The Morgan fingerprint density at radius 2 is 2.00 bits per heavy atom. The summed E-state index contributed by atoms with van der Waals surface area (Å²) in [6, 6.07) is 3.73. The van der Waals surface area contributed by atoms with E-state index in [0.29, 0.717) is 0 Å². The van der Waals surface area contributed by atoms with E-state index in [1.807, 2.05) is 0 Å². The molecule has 0 bridgehead atoms. The first-order chi connectivity index (χ1) is 7.58. The van der Waals surface area contributed by atoms with Gasteiger partial charge in [0, 0.05) is 12.7 Å². The summed E-state index contributed by atoms with van der Waals surface area (Å²) in [6.45, 7) is -0.245. The van der Waals surface area contributed by atoms with Crippen LogP contribution in [-0.2, 0) is 0 Å². The minimum Gasteiger partial charge on any atom is -0.497 e. The number of methoxy groups -OCH3 is 1. The lowest BCUT2D eigenvalue weighted by Crippen LogP contribution is -2.19. The molecule has 1 rings (SSSR count). The first-order valence-electron chi connectivity index (χ1n) is 4.90. The van der Waals surface area contributed by atoms with Crippen LogP contribution in [0.5, 0.6) is 5.75 Å². The van der Waals surface area contributed by atoms with Crippen LogP contribution in [0.3, 0.4) is 0 Å². The Balaban J connectivity index is 2.89. The Hall–Kier alpha value is -1.17. The molecule has 0 aliphatic carbocycles. The maximum atomic E-state index is 13.1. The zero-order valence-corrected chi connectivity index (χ0v) is 8.93. The molecule has 0 saturated carbocycles. The van der Waals surface area contributed by atoms with Crippen LogP contribution in [0.1, 0.15) is 18.1 Å². The van der Waals surface area contributed by atoms with Gasteiger partial charge in [-0.3, -0.25) is 0 Å². The molecular formula is C11H15FO4. The molecule has 0 saturated heterocycles. The van der Waals surface area contributed by atoms with Gasteiger partial charge in [0.25, 0.3) is 0 Å². The predicted octanol–water partition coefficient (Wildman–Crippen LogP) is 0.611. The van der Waals surface area contributed by atoms with Crippen molar-refractivity contribution in [2.45, 2.75) is 18.6 Å². The lowest BCUT2D eigenvalue weighted by Gasteiger charge is -2.17. The second-order valence-electron chi connectivity index (χ2n) is 3.45. The van der Waals surface area contributed by atoms with Crippen molar-refractivity contribution in [3.63, 3.8) is 0 Å². The lowest BCUT2D eigenvalue weighted by atomic mass is 10.0. The average Bonchev–Trinajstić information content (AvgIpc) is 2.27. The third-order valence-corrected chi connectivity index (χ3v) is 2.26. The van der Waals surface area contributed by atoms with Gasteiger partial charge in [0.05, 0.1) is 13.2 Å². The van der Waals surface area contributed by atoms with Crippen molar-refractivity contribution >= 4 is 0 Å². The van der Waals surface area contributed by atoms with E-state index < -0.39 is 18.0 Å². The van der Waals surface area contributed by atoms with Gasteiger partial charge in [0.15, 0.2) is 0 Å². The molecule has 1 aromatic carbocycles. The van der Waals surface area contributed by atoms with Gasteiger partial charge in [-0.05, 0) is 24.1 Å². The minimum atomic E-state index is -1.24. The van der Waals surface area contributed by atoms with E-state index in [1.165, 1.54) is 19.2 Å². The summed E-state index contributed by atoms with van der Waals surface area (Å²) in [6.07, 6.45) is -2.34. The molecule has 0 aliphatic heterocycles. The van der Waals surface area contributed by atoms with Crippen LogP contribution in [0.2, 0.25) is 0 Å². The Morgan fingerprint density at radius 1 is 1.31 bits per heavy atom. The Morgan fingerprint density at radius 3 is 2.56 bits per heavy atom. The summed E-state index contributed by atoms with van der Waals surface area (Å²) in [5, 5.41) is 27.8. The zero-order chi connectivity index (χ0) is 12.1. The van der Waals surface area contributed by atoms with Gasteiger partial charge >= 0.3 is 0 Å². The molecule has 1 aromatic rings. The molecule has 3 N–H and O–H groups in total. The molecule has 0 spiro atoms. The third kappa shape index (κ3) is 3.16. The van der Waals surface area contributed by atoms with E-state index in [4.69, 9.17) is 9.84 Å². The number of rotatable bonds is 5. The van der Waals surface area contributed by atoms with Crippen molar-refractivity contribution in [2.75, 3.05) is 13.7 Å². The van der Waals surface area contributed by atoms with Crippen molar-refractivity contribution in [2.24, 2.45) is 0 Å². The van der Waals surface area contributed by atoms with Crippen LogP contribution in [-0.4, -0.2) is 35.1 Å². The molecular weight excluding hydrogens is 215 g/mol. The molecule has 5 heteroatoms. The van der Waals surface area contributed by atoms with Gasteiger partial charge < -0.3 is 20.1 Å². The van der Waals surface area contributed by atoms with Crippen LogP contribution in [0.15, 0.2) is 18.2 Å². The second-order valence-corrected chi connectivity index (χ2v) is 3.45. The quantitative estimate of drug-likeness (QED) is 0.693. The van der Waals surface area contributed by atoms with Crippen molar-refractivity contribution in [3.8, 4) is 5.75 Å². The fourth-order valence-corrected chi connectivity index (χ4v) is 1.39. The van der Waals surface area contributed by atoms with Crippen molar-refractivity contribution in [1.82, 2.24) is 0 Å². The van der Waals surface area contributed by atoms with E-state index in [1.54, 1.807) is 0 Å². The molecule has 0 radical (unpaired) electrons. The monoisotopic (exact) mass is 230 g/mol. The van der Waals surface area contributed by atoms with E-state index in [2.05, 4.69) is 0 Å². The van der Waals surface area contributed by atoms with Crippen molar-refractivity contribution < 1.29 is 24.4 Å². The molecule has 0 fully saturated rings. The third-order valence-electron chi connectivity index (χ3n) is 2.26. The summed E-state index contributed by atoms with van der Waals surface area (Å²) >= 11 is 0. The number of hydrogen-bond acceptors (Lipinski definition) is 4. The predicted molar refractivity (Wildman–Crippen MR) is 55.6 cm³/mol. The summed E-state index contributed by atoms with van der Waals surface area (Å²) in [5.74, 6) is -0.283. The summed E-state index contributed by atoms with van der Waals surface area (Å²) in [4.78, 5) is 0. The van der Waals surface area contributed by atoms with Crippen LogP contribution >= 0.6 is 0 Å². The lowest BCUT2D eigenvalue weighted by molar-refractivity contribution is 0.00399. The smallest absolute Gasteiger partial charge is 0.127 e. The number of ether oxygens (including phenoxy) is 1. The van der Waals surface area contributed by atoms with Gasteiger partial charge in [0.1, 0.15) is 17.7 Å². The van der Waals surface area contributed by atoms with Gasteiger partial charge in [-0.25, -0.2) is 4.39 Å². The highest BCUT2D eigenvalue weighted by Crippen LogP contribution is 2.24. The molecule has 2 atom stereocenters. The number of benzene rings is 1. The molecule has 4 nitrogen and oxygen atoms in total. The van der Waals surface area contributed by atoms with Gasteiger partial charge in [-0.2, -0.15) is 0 Å². The van der Waals surface area contributed by atoms with Crippen LogP contribution in [0, 0.1) is 5.82 Å². The molecule has 16 heavy (non-hydrogen) atoms. The van der Waals surface area contributed by atoms with E-state index in [-0.39, 0.29) is 24.3 Å². The largest absolute Gasteiger partial charge is 0.497 e. The Kier molecular flexibility index (Phi) is 4.67. The van der Waals surface area contributed by atoms with E-state index in [9.17, 15) is 14.6 Å². The SMILES string of the molecule is COc1cc(F)cc(C(O)C(O)CCO)c1. The highest BCUT2D eigenvalue weighted by atomic mass is 19.1. The van der Waals surface area contributed by atoms with Crippen LogP contribution < -0.4 is 4.74 Å².